The number of hydrogen-bond acceptors (Lipinski definition) is 7. The SMILES string of the molecule is NC(CNC(=O)CCNC(=O)CCC1CCNCC1)(C(=O)O)S(=O)(=O)c1ccc2ccccc2c1. The predicted molar refractivity (Wildman–Crippen MR) is 131 cm³/mol. The Bertz CT molecular complexity index is 1180. The van der Waals surface area contributed by atoms with Gasteiger partial charge in [-0.2, -0.15) is 0 Å². The summed E-state index contributed by atoms with van der Waals surface area (Å²) in [4.78, 5) is 33.1. The molecule has 0 radical (unpaired) electrons. The molecule has 3 rings (SSSR count). The second-order valence-electron chi connectivity index (χ2n) is 8.82. The van der Waals surface area contributed by atoms with Crippen LogP contribution in [0.15, 0.2) is 47.4 Å². The van der Waals surface area contributed by atoms with Crippen LogP contribution in [-0.4, -0.2) is 62.4 Å². The van der Waals surface area contributed by atoms with Crippen LogP contribution in [0.25, 0.3) is 10.8 Å². The molecule has 1 fully saturated rings. The molecule has 1 unspecified atom stereocenters. The number of aliphatic carboxylic acids is 1. The summed E-state index contributed by atoms with van der Waals surface area (Å²) < 4.78 is 26.3. The van der Waals surface area contributed by atoms with Gasteiger partial charge in [-0.25, -0.2) is 13.2 Å². The summed E-state index contributed by atoms with van der Waals surface area (Å²) in [7, 11) is -4.55. The summed E-state index contributed by atoms with van der Waals surface area (Å²) in [6, 6.07) is 11.3. The lowest BCUT2D eigenvalue weighted by Gasteiger charge is -2.25. The van der Waals surface area contributed by atoms with Crippen molar-refractivity contribution in [2.45, 2.75) is 41.9 Å². The molecule has 1 aliphatic heterocycles. The number of benzene rings is 2. The largest absolute Gasteiger partial charge is 0.479 e. The first-order valence-electron chi connectivity index (χ1n) is 11.6. The van der Waals surface area contributed by atoms with E-state index < -0.39 is 33.1 Å². The number of amides is 2. The molecular weight excluding hydrogens is 472 g/mol. The Morgan fingerprint density at radius 2 is 1.66 bits per heavy atom. The first kappa shape index (κ1) is 26.6. The fourth-order valence-electron chi connectivity index (χ4n) is 4.06. The van der Waals surface area contributed by atoms with Gasteiger partial charge in [-0.15, -0.1) is 0 Å². The van der Waals surface area contributed by atoms with Crippen LogP contribution in [0.5, 0.6) is 0 Å². The van der Waals surface area contributed by atoms with Crippen molar-refractivity contribution in [2.24, 2.45) is 11.7 Å². The molecule has 0 aliphatic carbocycles. The first-order valence-corrected chi connectivity index (χ1v) is 13.1. The number of carboxylic acids is 1. The molecule has 1 aliphatic rings. The van der Waals surface area contributed by atoms with Crippen LogP contribution in [0.1, 0.15) is 32.1 Å². The number of piperidine rings is 1. The van der Waals surface area contributed by atoms with Crippen LogP contribution in [-0.2, 0) is 24.2 Å². The monoisotopic (exact) mass is 504 g/mol. The Hall–Kier alpha value is -3.02. The van der Waals surface area contributed by atoms with E-state index in [9.17, 15) is 27.9 Å². The Kier molecular flexibility index (Phi) is 8.82. The van der Waals surface area contributed by atoms with Gasteiger partial charge in [-0.05, 0) is 61.2 Å². The van der Waals surface area contributed by atoms with E-state index in [0.717, 1.165) is 37.7 Å². The van der Waals surface area contributed by atoms with Gasteiger partial charge in [-0.1, -0.05) is 30.3 Å². The molecular formula is C24H32N4O6S. The Balaban J connectivity index is 1.53. The lowest BCUT2D eigenvalue weighted by atomic mass is 9.93. The van der Waals surface area contributed by atoms with Crippen molar-refractivity contribution < 1.29 is 27.9 Å². The lowest BCUT2D eigenvalue weighted by Crippen LogP contribution is -2.61. The van der Waals surface area contributed by atoms with Crippen LogP contribution in [0, 0.1) is 5.92 Å². The van der Waals surface area contributed by atoms with Crippen molar-refractivity contribution in [3.8, 4) is 0 Å². The molecule has 2 amide bonds. The van der Waals surface area contributed by atoms with E-state index >= 15 is 0 Å². The van der Waals surface area contributed by atoms with Gasteiger partial charge in [0.15, 0.2) is 0 Å². The number of hydrogen-bond donors (Lipinski definition) is 5. The summed E-state index contributed by atoms with van der Waals surface area (Å²) in [5.74, 6) is -2.04. The fraction of sp³-hybridized carbons (Fsp3) is 0.458. The van der Waals surface area contributed by atoms with Crippen molar-refractivity contribution in [3.63, 3.8) is 0 Å². The van der Waals surface area contributed by atoms with E-state index in [2.05, 4.69) is 16.0 Å². The minimum Gasteiger partial charge on any atom is -0.479 e. The summed E-state index contributed by atoms with van der Waals surface area (Å²) in [5.41, 5.74) is 5.85. The van der Waals surface area contributed by atoms with E-state index in [4.69, 9.17) is 5.73 Å². The predicted octanol–water partition coefficient (Wildman–Crippen LogP) is 0.755. The van der Waals surface area contributed by atoms with Crippen LogP contribution in [0.2, 0.25) is 0 Å². The highest BCUT2D eigenvalue weighted by atomic mass is 32.2. The van der Waals surface area contributed by atoms with Gasteiger partial charge in [0.05, 0.1) is 11.4 Å². The molecule has 11 heteroatoms. The van der Waals surface area contributed by atoms with Gasteiger partial charge in [0, 0.05) is 19.4 Å². The molecule has 0 aromatic heterocycles. The van der Waals surface area contributed by atoms with Crippen molar-refractivity contribution >= 4 is 38.4 Å². The topological polar surface area (TPSA) is 168 Å². The highest BCUT2D eigenvalue weighted by Gasteiger charge is 2.49. The highest BCUT2D eigenvalue weighted by Crippen LogP contribution is 2.26. The molecule has 10 nitrogen and oxygen atoms in total. The number of carbonyl (C=O) groups is 3. The van der Waals surface area contributed by atoms with Gasteiger partial charge in [0.2, 0.25) is 26.5 Å². The maximum Gasteiger partial charge on any atom is 0.341 e. The van der Waals surface area contributed by atoms with Crippen LogP contribution < -0.4 is 21.7 Å². The van der Waals surface area contributed by atoms with Gasteiger partial charge in [0.25, 0.3) is 0 Å². The number of carboxylic acid groups (broad SMARTS) is 1. The normalized spacial score (nSPS) is 16.4. The van der Waals surface area contributed by atoms with Crippen molar-refractivity contribution in [2.75, 3.05) is 26.2 Å². The maximum atomic E-state index is 13.1. The molecule has 0 spiro atoms. The lowest BCUT2D eigenvalue weighted by molar-refractivity contribution is -0.140. The standard InChI is InChI=1S/C24H32N4O6S/c25-24(23(31)32,35(33,34)20-7-6-18-3-1-2-4-19(18)15-20)16-28-22(30)11-14-27-21(29)8-5-17-9-12-26-13-10-17/h1-4,6-7,15,17,26H,5,8-14,16,25H2,(H,27,29)(H,28,30)(H,31,32). The maximum absolute atomic E-state index is 13.1. The number of fused-ring (bicyclic) bond motifs is 1. The number of carbonyl (C=O) groups excluding carboxylic acids is 2. The molecule has 35 heavy (non-hydrogen) atoms. The molecule has 190 valence electrons. The smallest absolute Gasteiger partial charge is 0.341 e. The second-order valence-corrected chi connectivity index (χ2v) is 11.0. The quantitative estimate of drug-likeness (QED) is 0.299. The summed E-state index contributed by atoms with van der Waals surface area (Å²) in [5, 5.41) is 19.3. The number of nitrogens with one attached hydrogen (secondary N) is 3. The van der Waals surface area contributed by atoms with Gasteiger partial charge in [-0.3, -0.25) is 9.59 Å². The van der Waals surface area contributed by atoms with E-state index in [1.54, 1.807) is 30.3 Å². The average Bonchev–Trinajstić information content (AvgIpc) is 2.86. The zero-order valence-corrected chi connectivity index (χ0v) is 20.3. The van der Waals surface area contributed by atoms with E-state index in [1.807, 2.05) is 0 Å². The summed E-state index contributed by atoms with van der Waals surface area (Å²) in [6.45, 7) is 1.16. The zero-order valence-electron chi connectivity index (χ0n) is 19.5. The molecule has 2 aromatic rings. The first-order chi connectivity index (χ1) is 16.6. The third-order valence-electron chi connectivity index (χ3n) is 6.33. The van der Waals surface area contributed by atoms with Crippen LogP contribution in [0.4, 0.5) is 0 Å². The second kappa shape index (κ2) is 11.6. The summed E-state index contributed by atoms with van der Waals surface area (Å²) in [6.07, 6.45) is 3.12. The third-order valence-corrected chi connectivity index (χ3v) is 8.49. The molecule has 1 saturated heterocycles. The summed E-state index contributed by atoms with van der Waals surface area (Å²) >= 11 is 0. The van der Waals surface area contributed by atoms with E-state index in [1.165, 1.54) is 12.1 Å². The Labute approximate surface area is 204 Å². The minimum atomic E-state index is -4.55. The van der Waals surface area contributed by atoms with Gasteiger partial charge < -0.3 is 26.8 Å². The van der Waals surface area contributed by atoms with Gasteiger partial charge >= 0.3 is 5.97 Å². The number of nitrogens with two attached hydrogens (primary N) is 1. The van der Waals surface area contributed by atoms with Crippen molar-refractivity contribution in [1.82, 2.24) is 16.0 Å². The number of rotatable bonds is 11. The van der Waals surface area contributed by atoms with Crippen molar-refractivity contribution in [3.05, 3.63) is 42.5 Å². The molecule has 2 aromatic carbocycles. The zero-order chi connectivity index (χ0) is 25.5. The van der Waals surface area contributed by atoms with E-state index in [-0.39, 0.29) is 23.8 Å². The Morgan fingerprint density at radius 3 is 2.34 bits per heavy atom. The average molecular weight is 505 g/mol. The van der Waals surface area contributed by atoms with Crippen molar-refractivity contribution in [1.29, 1.82) is 0 Å². The highest BCUT2D eigenvalue weighted by molar-refractivity contribution is 7.93. The van der Waals surface area contributed by atoms with Crippen LogP contribution in [0.3, 0.4) is 0 Å². The third kappa shape index (κ3) is 6.56. The molecule has 0 saturated carbocycles. The molecule has 1 atom stereocenters. The van der Waals surface area contributed by atoms with Gasteiger partial charge in [0.1, 0.15) is 0 Å². The fourth-order valence-corrected chi connectivity index (χ4v) is 5.50. The molecule has 1 heterocycles. The number of sulfone groups is 1. The van der Waals surface area contributed by atoms with Crippen LogP contribution >= 0.6 is 0 Å². The molecule has 6 N–H and O–H groups in total. The minimum absolute atomic E-state index is 0.0545. The molecule has 0 bridgehead atoms. The Morgan fingerprint density at radius 1 is 1.00 bits per heavy atom. The van der Waals surface area contributed by atoms with E-state index in [0.29, 0.717) is 17.7 Å².